The summed E-state index contributed by atoms with van der Waals surface area (Å²) in [5.74, 6) is 3.03. The number of nitrogens with zero attached hydrogens (tertiary/aromatic N) is 8. The molecule has 0 amide bonds. The molecule has 104 heavy (non-hydrogen) atoms. The van der Waals surface area contributed by atoms with Crippen LogP contribution < -0.4 is 15.3 Å². The summed E-state index contributed by atoms with van der Waals surface area (Å²) in [6.45, 7) is 17.6. The van der Waals surface area contributed by atoms with Crippen molar-refractivity contribution in [3.63, 3.8) is 0 Å². The Labute approximate surface area is 609 Å². The van der Waals surface area contributed by atoms with Crippen LogP contribution >= 0.6 is 11.6 Å². The lowest BCUT2D eigenvalue weighted by Crippen LogP contribution is -2.41. The number of fused-ring (bicyclic) bond motifs is 10. The molecular weight excluding hydrogens is 1300 g/mol. The Morgan fingerprint density at radius 1 is 0.288 bits per heavy atom. The van der Waals surface area contributed by atoms with E-state index in [-0.39, 0.29) is 16.1 Å². The highest BCUT2D eigenvalue weighted by Gasteiger charge is 2.52. The molecule has 19 rings (SSSR count). The minimum atomic E-state index is -0.430. The van der Waals surface area contributed by atoms with E-state index >= 15 is 0 Å². The van der Waals surface area contributed by atoms with Gasteiger partial charge in [0.05, 0.1) is 56.1 Å². The minimum Gasteiger partial charge on any atom is -0.456 e. The molecule has 3 aliphatic rings. The maximum atomic E-state index is 6.59. The molecule has 12 aromatic carbocycles. The van der Waals surface area contributed by atoms with Crippen LogP contribution in [-0.4, -0.2) is 48.2 Å². The first kappa shape index (κ1) is 65.4. The molecule has 506 valence electrons. The van der Waals surface area contributed by atoms with Crippen LogP contribution in [-0.2, 0) is 20.1 Å². The standard InChI is InChI=1S/C42H30N4O.C33H32BNO3.C15H10ClN3/c1-42(2)31-18-9-11-20-33(31)46(34-21-12-10-19-32(34)42)35-22-13-23-36-38(35)30-25-24-29(26-37(30)47-36)41-44-39(27-14-5-3-6-15-27)43-40(45-41)28-16-7-4-8-17-28;1-31(2)23-12-7-9-14-25(23)35(26-15-10-8-13-24(26)31)27-16-11-17-28-30(27)22-19-18-21(20-29(22)36-28)34-37-32(3,4)33(5,6)38-34;16-15-18-13(11-7-3-1-4-8-11)17-14(19-15)12-9-5-2-6-10-12/h3-26H,1-2H3;7-20H,1-6H3;1-10H. The molecule has 0 radical (unpaired) electrons. The number of benzene rings is 12. The van der Waals surface area contributed by atoms with E-state index in [2.05, 4.69) is 244 Å². The summed E-state index contributed by atoms with van der Waals surface area (Å²) in [7, 11) is -0.430. The van der Waals surface area contributed by atoms with Gasteiger partial charge in [0.1, 0.15) is 22.3 Å². The van der Waals surface area contributed by atoms with Crippen LogP contribution in [0.5, 0.6) is 0 Å². The second-order valence-corrected chi connectivity index (χ2v) is 28.9. The van der Waals surface area contributed by atoms with Gasteiger partial charge in [-0.05, 0) is 134 Å². The van der Waals surface area contributed by atoms with Gasteiger partial charge in [-0.15, -0.1) is 0 Å². The molecule has 0 N–H and O–H groups in total. The predicted molar refractivity (Wildman–Crippen MR) is 422 cm³/mol. The third-order valence-electron chi connectivity index (χ3n) is 20.9. The molecule has 16 aromatic rings. The van der Waals surface area contributed by atoms with Crippen LogP contribution in [0.2, 0.25) is 5.28 Å². The van der Waals surface area contributed by atoms with Crippen molar-refractivity contribution in [1.82, 2.24) is 29.9 Å². The second-order valence-electron chi connectivity index (χ2n) is 28.6. The van der Waals surface area contributed by atoms with E-state index in [0.717, 1.165) is 88.5 Å². The highest BCUT2D eigenvalue weighted by atomic mass is 35.5. The minimum absolute atomic E-state index is 0.103. The predicted octanol–water partition coefficient (Wildman–Crippen LogP) is 22.7. The molecule has 1 fully saturated rings. The molecule has 14 heteroatoms. The van der Waals surface area contributed by atoms with Crippen molar-refractivity contribution < 1.29 is 18.1 Å². The molecule has 0 unspecified atom stereocenters. The smallest absolute Gasteiger partial charge is 0.456 e. The average molecular weight is 1380 g/mol. The normalized spacial score (nSPS) is 15.0. The lowest BCUT2D eigenvalue weighted by Gasteiger charge is -2.42. The fourth-order valence-electron chi connectivity index (χ4n) is 14.8. The van der Waals surface area contributed by atoms with Crippen LogP contribution in [0.15, 0.2) is 300 Å². The summed E-state index contributed by atoms with van der Waals surface area (Å²) < 4.78 is 25.7. The summed E-state index contributed by atoms with van der Waals surface area (Å²) in [4.78, 5) is 32.3. The van der Waals surface area contributed by atoms with Crippen molar-refractivity contribution in [2.45, 2.75) is 77.4 Å². The van der Waals surface area contributed by atoms with Gasteiger partial charge in [0.15, 0.2) is 29.1 Å². The largest absolute Gasteiger partial charge is 0.494 e. The molecule has 12 nitrogen and oxygen atoms in total. The average Bonchev–Trinajstić information content (AvgIpc) is 1.66. The SMILES string of the molecule is CC1(C)c2ccccc2N(c2cccc3oc4cc(-c5nc(-c6ccccc6)nc(-c6ccccc6)n5)ccc4c23)c2ccccc21.CC1(C)c2ccccc2N(c2cccc3oc4cc(B5OC(C)(C)C(C)(C)O5)ccc4c23)c2ccccc21.Clc1nc(-c2ccccc2)nc(-c2ccccc2)n1. The fraction of sp³-hybridized carbons (Fsp3) is 0.133. The Morgan fingerprint density at radius 2 is 0.596 bits per heavy atom. The first-order chi connectivity index (χ1) is 50.5. The van der Waals surface area contributed by atoms with E-state index in [1.54, 1.807) is 0 Å². The Balaban J connectivity index is 0.000000125. The Bertz CT molecular complexity index is 5720. The van der Waals surface area contributed by atoms with Gasteiger partial charge >= 0.3 is 7.12 Å². The highest BCUT2D eigenvalue weighted by Crippen LogP contribution is 2.56. The number of para-hydroxylation sites is 4. The Hall–Kier alpha value is -11.9. The van der Waals surface area contributed by atoms with Crippen molar-refractivity contribution in [1.29, 1.82) is 0 Å². The first-order valence-electron chi connectivity index (χ1n) is 35.1. The van der Waals surface area contributed by atoms with E-state index in [9.17, 15) is 0 Å². The van der Waals surface area contributed by atoms with Crippen molar-refractivity contribution in [2.75, 3.05) is 9.80 Å². The highest BCUT2D eigenvalue weighted by molar-refractivity contribution is 6.62. The number of hydrogen-bond donors (Lipinski definition) is 0. The van der Waals surface area contributed by atoms with Gasteiger partial charge in [-0.25, -0.2) is 19.9 Å². The number of hydrogen-bond acceptors (Lipinski definition) is 12. The van der Waals surface area contributed by atoms with Crippen molar-refractivity contribution in [2.24, 2.45) is 0 Å². The summed E-state index contributed by atoms with van der Waals surface area (Å²) in [6, 6.07) is 99.7. The van der Waals surface area contributed by atoms with Crippen LogP contribution in [0.1, 0.15) is 77.6 Å². The zero-order chi connectivity index (χ0) is 71.1. The molecular formula is C90H72BClN8O4. The molecule has 4 aromatic heterocycles. The zero-order valence-corrected chi connectivity index (χ0v) is 59.6. The van der Waals surface area contributed by atoms with E-state index in [4.69, 9.17) is 44.7 Å². The molecule has 0 atom stereocenters. The number of furan rings is 2. The van der Waals surface area contributed by atoms with E-state index in [1.807, 2.05) is 127 Å². The maximum Gasteiger partial charge on any atom is 0.494 e. The van der Waals surface area contributed by atoms with Crippen LogP contribution in [0.4, 0.5) is 34.1 Å². The van der Waals surface area contributed by atoms with Crippen LogP contribution in [0.3, 0.4) is 0 Å². The quantitative estimate of drug-likeness (QED) is 0.134. The van der Waals surface area contributed by atoms with Crippen molar-refractivity contribution >= 4 is 102 Å². The Morgan fingerprint density at radius 3 is 0.971 bits per heavy atom. The monoisotopic (exact) mass is 1370 g/mol. The lowest BCUT2D eigenvalue weighted by molar-refractivity contribution is 0.00578. The molecule has 1 saturated heterocycles. The molecule has 0 spiro atoms. The summed E-state index contributed by atoms with van der Waals surface area (Å²) in [5.41, 5.74) is 20.0. The number of anilines is 6. The number of halogens is 1. The number of aromatic nitrogens is 6. The van der Waals surface area contributed by atoms with Gasteiger partial charge in [-0.3, -0.25) is 0 Å². The molecule has 7 heterocycles. The van der Waals surface area contributed by atoms with E-state index in [0.29, 0.717) is 29.1 Å². The maximum absolute atomic E-state index is 6.59. The summed E-state index contributed by atoms with van der Waals surface area (Å²) in [5, 5.41) is 4.50. The van der Waals surface area contributed by atoms with Gasteiger partial charge in [0, 0.05) is 49.4 Å². The van der Waals surface area contributed by atoms with Gasteiger partial charge in [-0.2, -0.15) is 9.97 Å². The molecule has 0 bridgehead atoms. The van der Waals surface area contributed by atoms with Gasteiger partial charge in [-0.1, -0.05) is 252 Å². The van der Waals surface area contributed by atoms with Crippen molar-refractivity contribution in [3.8, 4) is 56.9 Å². The van der Waals surface area contributed by atoms with Gasteiger partial charge in [0.25, 0.3) is 0 Å². The molecule has 3 aliphatic heterocycles. The van der Waals surface area contributed by atoms with Crippen molar-refractivity contribution in [3.05, 3.63) is 319 Å². The second kappa shape index (κ2) is 25.9. The Kier molecular flexibility index (Phi) is 16.3. The number of rotatable bonds is 8. The van der Waals surface area contributed by atoms with Crippen LogP contribution in [0.25, 0.3) is 101 Å². The topological polar surface area (TPSA) is 129 Å². The summed E-state index contributed by atoms with van der Waals surface area (Å²) >= 11 is 5.99. The third-order valence-corrected chi connectivity index (χ3v) is 21.1. The fourth-order valence-corrected chi connectivity index (χ4v) is 15.0. The lowest BCUT2D eigenvalue weighted by atomic mass is 9.73. The van der Waals surface area contributed by atoms with Crippen LogP contribution in [0, 0.1) is 0 Å². The first-order valence-corrected chi connectivity index (χ1v) is 35.5. The van der Waals surface area contributed by atoms with E-state index < -0.39 is 18.3 Å². The molecule has 0 aliphatic carbocycles. The molecule has 0 saturated carbocycles. The third kappa shape index (κ3) is 11.5. The zero-order valence-electron chi connectivity index (χ0n) is 58.9. The van der Waals surface area contributed by atoms with Gasteiger partial charge in [0.2, 0.25) is 5.28 Å². The van der Waals surface area contributed by atoms with Gasteiger partial charge < -0.3 is 27.9 Å². The summed E-state index contributed by atoms with van der Waals surface area (Å²) in [6.07, 6.45) is 0. The van der Waals surface area contributed by atoms with E-state index in [1.165, 1.54) is 45.0 Å².